The molecular weight excluding hydrogens is 171 g/mol. The van der Waals surface area contributed by atoms with Crippen molar-refractivity contribution in [2.45, 2.75) is 13.6 Å². The molecule has 0 aliphatic heterocycles. The van der Waals surface area contributed by atoms with Crippen LogP contribution in [0.4, 0.5) is 4.39 Å². The van der Waals surface area contributed by atoms with Crippen molar-refractivity contribution in [1.29, 1.82) is 0 Å². The van der Waals surface area contributed by atoms with E-state index in [-0.39, 0.29) is 5.78 Å². The molecule has 0 atom stereocenters. The molecule has 0 saturated heterocycles. The van der Waals surface area contributed by atoms with Gasteiger partial charge in [-0.15, -0.1) is 0 Å². The van der Waals surface area contributed by atoms with Crippen LogP contribution in [0.25, 0.3) is 0 Å². The maximum atomic E-state index is 12.6. The lowest BCUT2D eigenvalue weighted by Crippen LogP contribution is -2.00. The van der Waals surface area contributed by atoms with E-state index in [9.17, 15) is 9.18 Å². The summed E-state index contributed by atoms with van der Waals surface area (Å²) >= 11 is 0. The summed E-state index contributed by atoms with van der Waals surface area (Å²) in [4.78, 5) is 11.1. The van der Waals surface area contributed by atoms with Crippen molar-refractivity contribution in [2.75, 3.05) is 7.11 Å². The second-order valence-corrected chi connectivity index (χ2v) is 2.68. The molecule has 0 saturated carbocycles. The molecule has 1 aromatic rings. The normalized spacial score (nSPS) is 9.77. The van der Waals surface area contributed by atoms with Crippen LogP contribution in [0.2, 0.25) is 0 Å². The SMILES string of the molecule is COc1cccc(C(C)=O)c1CF. The molecular formula is C10H11FO2. The van der Waals surface area contributed by atoms with Gasteiger partial charge in [-0.1, -0.05) is 12.1 Å². The van der Waals surface area contributed by atoms with Crippen molar-refractivity contribution >= 4 is 5.78 Å². The summed E-state index contributed by atoms with van der Waals surface area (Å²) in [5.74, 6) is 0.279. The van der Waals surface area contributed by atoms with Gasteiger partial charge in [0.1, 0.15) is 12.4 Å². The van der Waals surface area contributed by atoms with Crippen LogP contribution in [0.1, 0.15) is 22.8 Å². The van der Waals surface area contributed by atoms with Crippen molar-refractivity contribution in [2.24, 2.45) is 0 Å². The number of carbonyl (C=O) groups is 1. The maximum absolute atomic E-state index is 12.6. The zero-order chi connectivity index (χ0) is 9.84. The van der Waals surface area contributed by atoms with E-state index in [0.29, 0.717) is 16.9 Å². The number of ether oxygens (including phenoxy) is 1. The number of alkyl halides is 1. The van der Waals surface area contributed by atoms with E-state index in [1.165, 1.54) is 14.0 Å². The summed E-state index contributed by atoms with van der Waals surface area (Å²) in [5, 5.41) is 0. The Balaban J connectivity index is 3.27. The van der Waals surface area contributed by atoms with Crippen molar-refractivity contribution in [3.05, 3.63) is 29.3 Å². The summed E-state index contributed by atoms with van der Waals surface area (Å²) in [7, 11) is 1.46. The number of hydrogen-bond donors (Lipinski definition) is 0. The molecule has 0 radical (unpaired) electrons. The van der Waals surface area contributed by atoms with E-state index in [2.05, 4.69) is 0 Å². The van der Waals surface area contributed by atoms with Crippen LogP contribution in [0.3, 0.4) is 0 Å². The van der Waals surface area contributed by atoms with Gasteiger partial charge >= 0.3 is 0 Å². The lowest BCUT2D eigenvalue weighted by molar-refractivity contribution is 0.101. The minimum Gasteiger partial charge on any atom is -0.496 e. The highest BCUT2D eigenvalue weighted by Crippen LogP contribution is 2.23. The van der Waals surface area contributed by atoms with Gasteiger partial charge in [0.2, 0.25) is 0 Å². The van der Waals surface area contributed by atoms with Crippen LogP contribution < -0.4 is 4.74 Å². The standard InChI is InChI=1S/C10H11FO2/c1-7(12)8-4-3-5-10(13-2)9(8)6-11/h3-5H,6H2,1-2H3. The molecule has 2 nitrogen and oxygen atoms in total. The third kappa shape index (κ3) is 1.86. The Kier molecular flexibility index (Phi) is 3.01. The molecule has 0 aliphatic carbocycles. The second kappa shape index (κ2) is 4.03. The van der Waals surface area contributed by atoms with Crippen molar-refractivity contribution in [3.8, 4) is 5.75 Å². The molecule has 70 valence electrons. The number of methoxy groups -OCH3 is 1. The van der Waals surface area contributed by atoms with Crippen molar-refractivity contribution < 1.29 is 13.9 Å². The largest absolute Gasteiger partial charge is 0.496 e. The fraction of sp³-hybridized carbons (Fsp3) is 0.300. The molecule has 1 aromatic carbocycles. The molecule has 0 N–H and O–H groups in total. The average Bonchev–Trinajstić information content (AvgIpc) is 2.16. The molecule has 0 amide bonds. The molecule has 0 aromatic heterocycles. The van der Waals surface area contributed by atoms with E-state index in [0.717, 1.165) is 0 Å². The minimum atomic E-state index is -0.682. The molecule has 0 unspecified atom stereocenters. The fourth-order valence-corrected chi connectivity index (χ4v) is 1.22. The van der Waals surface area contributed by atoms with Crippen LogP contribution >= 0.6 is 0 Å². The minimum absolute atomic E-state index is 0.147. The monoisotopic (exact) mass is 182 g/mol. The summed E-state index contributed by atoms with van der Waals surface area (Å²) in [6.07, 6.45) is 0. The van der Waals surface area contributed by atoms with Gasteiger partial charge in [-0.25, -0.2) is 4.39 Å². The number of benzene rings is 1. The van der Waals surface area contributed by atoms with Gasteiger partial charge in [0.25, 0.3) is 0 Å². The Morgan fingerprint density at radius 2 is 2.23 bits per heavy atom. The topological polar surface area (TPSA) is 26.3 Å². The first-order valence-corrected chi connectivity index (χ1v) is 3.93. The number of rotatable bonds is 3. The zero-order valence-corrected chi connectivity index (χ0v) is 7.63. The van der Waals surface area contributed by atoms with Gasteiger partial charge in [0.15, 0.2) is 5.78 Å². The van der Waals surface area contributed by atoms with Crippen molar-refractivity contribution in [1.82, 2.24) is 0 Å². The average molecular weight is 182 g/mol. The van der Waals surface area contributed by atoms with Crippen LogP contribution in [0.5, 0.6) is 5.75 Å². The predicted octanol–water partition coefficient (Wildman–Crippen LogP) is 2.37. The molecule has 0 aliphatic rings. The lowest BCUT2D eigenvalue weighted by atomic mass is 10.0. The summed E-state index contributed by atoms with van der Waals surface area (Å²) in [5.41, 5.74) is 0.722. The third-order valence-corrected chi connectivity index (χ3v) is 1.87. The number of hydrogen-bond acceptors (Lipinski definition) is 2. The molecule has 0 fully saturated rings. The number of halogens is 1. The van der Waals surface area contributed by atoms with E-state index in [1.807, 2.05) is 0 Å². The quantitative estimate of drug-likeness (QED) is 0.671. The first kappa shape index (κ1) is 9.71. The highest BCUT2D eigenvalue weighted by atomic mass is 19.1. The number of ketones is 1. The first-order valence-electron chi connectivity index (χ1n) is 3.93. The van der Waals surface area contributed by atoms with E-state index < -0.39 is 6.67 Å². The van der Waals surface area contributed by atoms with E-state index in [4.69, 9.17) is 4.74 Å². The number of Topliss-reactive ketones (excluding diaryl/α,β-unsaturated/α-hetero) is 1. The number of carbonyl (C=O) groups excluding carboxylic acids is 1. The molecule has 13 heavy (non-hydrogen) atoms. The summed E-state index contributed by atoms with van der Waals surface area (Å²) < 4.78 is 17.5. The predicted molar refractivity (Wildman–Crippen MR) is 47.8 cm³/mol. The molecule has 0 heterocycles. The highest BCUT2D eigenvalue weighted by molar-refractivity contribution is 5.96. The van der Waals surface area contributed by atoms with Gasteiger partial charge in [-0.2, -0.15) is 0 Å². The molecule has 1 rings (SSSR count). The molecule has 0 spiro atoms. The Labute approximate surface area is 76.3 Å². The lowest BCUT2D eigenvalue weighted by Gasteiger charge is -2.08. The highest BCUT2D eigenvalue weighted by Gasteiger charge is 2.11. The second-order valence-electron chi connectivity index (χ2n) is 2.68. The fourth-order valence-electron chi connectivity index (χ4n) is 1.22. The zero-order valence-electron chi connectivity index (χ0n) is 7.63. The smallest absolute Gasteiger partial charge is 0.160 e. The molecule has 0 bridgehead atoms. The Bertz CT molecular complexity index is 321. The van der Waals surface area contributed by atoms with Gasteiger partial charge < -0.3 is 4.74 Å². The van der Waals surface area contributed by atoms with E-state index in [1.54, 1.807) is 18.2 Å². The van der Waals surface area contributed by atoms with Gasteiger partial charge in [0.05, 0.1) is 7.11 Å². The first-order chi connectivity index (χ1) is 6.20. The van der Waals surface area contributed by atoms with Crippen LogP contribution in [-0.2, 0) is 6.67 Å². The van der Waals surface area contributed by atoms with Crippen LogP contribution in [0.15, 0.2) is 18.2 Å². The Hall–Kier alpha value is -1.38. The molecule has 3 heteroatoms. The Morgan fingerprint density at radius 3 is 2.69 bits per heavy atom. The van der Waals surface area contributed by atoms with Crippen LogP contribution in [0, 0.1) is 0 Å². The van der Waals surface area contributed by atoms with Gasteiger partial charge in [-0.3, -0.25) is 4.79 Å². The Morgan fingerprint density at radius 1 is 1.54 bits per heavy atom. The summed E-state index contributed by atoms with van der Waals surface area (Å²) in [6.45, 7) is 0.729. The van der Waals surface area contributed by atoms with Crippen LogP contribution in [-0.4, -0.2) is 12.9 Å². The van der Waals surface area contributed by atoms with Gasteiger partial charge in [0, 0.05) is 11.1 Å². The van der Waals surface area contributed by atoms with Crippen molar-refractivity contribution in [3.63, 3.8) is 0 Å². The third-order valence-electron chi connectivity index (χ3n) is 1.87. The van der Waals surface area contributed by atoms with Gasteiger partial charge in [-0.05, 0) is 13.0 Å². The van der Waals surface area contributed by atoms with E-state index >= 15 is 0 Å². The summed E-state index contributed by atoms with van der Waals surface area (Å²) in [6, 6.07) is 4.91. The maximum Gasteiger partial charge on any atom is 0.160 e.